The number of carbonyl (C=O) groups excluding carboxylic acids is 1. The molecule has 0 aliphatic heterocycles. The van der Waals surface area contributed by atoms with Gasteiger partial charge in [-0.25, -0.2) is 0 Å². The fourth-order valence-electron chi connectivity index (χ4n) is 2.42. The fourth-order valence-corrected chi connectivity index (χ4v) is 2.68. The molecule has 1 amide bonds. The van der Waals surface area contributed by atoms with Gasteiger partial charge in [-0.1, -0.05) is 28.0 Å². The Hall–Kier alpha value is -2.74. The zero-order valence-corrected chi connectivity index (χ0v) is 16.6. The van der Waals surface area contributed by atoms with Crippen molar-refractivity contribution in [2.45, 2.75) is 32.9 Å². The Bertz CT molecular complexity index is 995. The van der Waals surface area contributed by atoms with Gasteiger partial charge in [-0.05, 0) is 43.7 Å². The normalized spacial score (nSPS) is 12.0. The first-order chi connectivity index (χ1) is 13.0. The number of nitrogens with zero attached hydrogens (tertiary/aromatic N) is 3. The van der Waals surface area contributed by atoms with Gasteiger partial charge in [0.2, 0.25) is 11.7 Å². The van der Waals surface area contributed by atoms with Crippen molar-refractivity contribution in [3.8, 4) is 22.8 Å². The molecular formula is C19H19BrN4O3. The number of aromatic nitrogens is 3. The van der Waals surface area contributed by atoms with Crippen LogP contribution in [0.25, 0.3) is 22.8 Å². The molecule has 140 valence electrons. The highest BCUT2D eigenvalue weighted by Crippen LogP contribution is 2.22. The molecule has 3 aromatic rings. The number of benzene rings is 1. The molecular weight excluding hydrogens is 412 g/mol. The molecule has 2 aromatic heterocycles. The average molecular weight is 431 g/mol. The zero-order valence-electron chi connectivity index (χ0n) is 15.0. The summed E-state index contributed by atoms with van der Waals surface area (Å²) in [7, 11) is 0. The van der Waals surface area contributed by atoms with Crippen LogP contribution in [0.1, 0.15) is 20.3 Å². The van der Waals surface area contributed by atoms with E-state index in [1.165, 1.54) is 10.6 Å². The average Bonchev–Trinajstić information content (AvgIpc) is 3.14. The van der Waals surface area contributed by atoms with Crippen LogP contribution in [0.3, 0.4) is 0 Å². The molecule has 7 nitrogen and oxygen atoms in total. The molecule has 0 radical (unpaired) electrons. The Morgan fingerprint density at radius 2 is 1.93 bits per heavy atom. The molecule has 0 spiro atoms. The molecule has 0 aliphatic rings. The molecule has 1 N–H and O–H groups in total. The van der Waals surface area contributed by atoms with Crippen LogP contribution in [0.5, 0.6) is 0 Å². The van der Waals surface area contributed by atoms with Crippen LogP contribution in [0.15, 0.2) is 56.4 Å². The van der Waals surface area contributed by atoms with Crippen molar-refractivity contribution in [2.24, 2.45) is 0 Å². The molecule has 0 aliphatic carbocycles. The third-order valence-corrected chi connectivity index (χ3v) is 4.62. The van der Waals surface area contributed by atoms with Gasteiger partial charge in [0.15, 0.2) is 0 Å². The number of rotatable bonds is 6. The molecule has 0 saturated heterocycles. The van der Waals surface area contributed by atoms with Crippen LogP contribution >= 0.6 is 15.9 Å². The van der Waals surface area contributed by atoms with Crippen LogP contribution in [-0.2, 0) is 11.3 Å². The molecule has 27 heavy (non-hydrogen) atoms. The number of amides is 1. The maximum Gasteiger partial charge on any atom is 0.259 e. The highest BCUT2D eigenvalue weighted by atomic mass is 79.9. The Labute approximate surface area is 164 Å². The monoisotopic (exact) mass is 430 g/mol. The smallest absolute Gasteiger partial charge is 0.259 e. The van der Waals surface area contributed by atoms with Crippen LogP contribution in [0.2, 0.25) is 0 Å². The predicted octanol–water partition coefficient (Wildman–Crippen LogP) is 3.24. The minimum Gasteiger partial charge on any atom is -0.352 e. The van der Waals surface area contributed by atoms with Crippen molar-refractivity contribution in [3.05, 3.63) is 57.4 Å². The highest BCUT2D eigenvalue weighted by molar-refractivity contribution is 9.10. The SMILES string of the molecule is CC[C@@H](C)NC(=O)Cn1cc(-c2nc(-c3ccc(Br)cc3)no2)ccc1=O. The predicted molar refractivity (Wildman–Crippen MR) is 105 cm³/mol. The second kappa shape index (κ2) is 8.30. The van der Waals surface area contributed by atoms with Crippen molar-refractivity contribution in [1.29, 1.82) is 0 Å². The van der Waals surface area contributed by atoms with E-state index in [4.69, 9.17) is 4.52 Å². The highest BCUT2D eigenvalue weighted by Gasteiger charge is 2.13. The van der Waals surface area contributed by atoms with E-state index in [0.29, 0.717) is 11.4 Å². The van der Waals surface area contributed by atoms with Crippen LogP contribution in [0.4, 0.5) is 0 Å². The Balaban J connectivity index is 1.83. The Morgan fingerprint density at radius 1 is 1.22 bits per heavy atom. The first kappa shape index (κ1) is 19.0. The van der Waals surface area contributed by atoms with Crippen molar-refractivity contribution >= 4 is 21.8 Å². The third-order valence-electron chi connectivity index (χ3n) is 4.09. The van der Waals surface area contributed by atoms with Crippen molar-refractivity contribution in [2.75, 3.05) is 0 Å². The second-order valence-corrected chi connectivity index (χ2v) is 7.11. The van der Waals surface area contributed by atoms with Gasteiger partial charge in [0, 0.05) is 28.3 Å². The van der Waals surface area contributed by atoms with Crippen LogP contribution < -0.4 is 10.9 Å². The summed E-state index contributed by atoms with van der Waals surface area (Å²) in [5.74, 6) is 0.512. The molecule has 0 saturated carbocycles. The van der Waals surface area contributed by atoms with Gasteiger partial charge in [-0.2, -0.15) is 4.98 Å². The lowest BCUT2D eigenvalue weighted by Crippen LogP contribution is -2.36. The lowest BCUT2D eigenvalue weighted by molar-refractivity contribution is -0.122. The second-order valence-electron chi connectivity index (χ2n) is 6.19. The quantitative estimate of drug-likeness (QED) is 0.647. The largest absolute Gasteiger partial charge is 0.352 e. The summed E-state index contributed by atoms with van der Waals surface area (Å²) in [6, 6.07) is 10.6. The lowest BCUT2D eigenvalue weighted by Gasteiger charge is -2.12. The molecule has 0 bridgehead atoms. The first-order valence-electron chi connectivity index (χ1n) is 8.56. The van der Waals surface area contributed by atoms with E-state index in [0.717, 1.165) is 16.5 Å². The van der Waals surface area contributed by atoms with E-state index in [2.05, 4.69) is 31.4 Å². The van der Waals surface area contributed by atoms with E-state index in [9.17, 15) is 9.59 Å². The molecule has 1 aromatic carbocycles. The molecule has 0 unspecified atom stereocenters. The lowest BCUT2D eigenvalue weighted by atomic mass is 10.2. The number of pyridine rings is 1. The summed E-state index contributed by atoms with van der Waals surface area (Å²) in [5.41, 5.74) is 1.11. The van der Waals surface area contributed by atoms with Crippen molar-refractivity contribution in [1.82, 2.24) is 20.0 Å². The van der Waals surface area contributed by atoms with E-state index in [1.807, 2.05) is 38.1 Å². The van der Waals surface area contributed by atoms with E-state index < -0.39 is 0 Å². The molecule has 3 rings (SSSR count). The summed E-state index contributed by atoms with van der Waals surface area (Å²) < 4.78 is 7.61. The molecule has 2 heterocycles. The maximum atomic E-state index is 12.1. The Morgan fingerprint density at radius 3 is 2.63 bits per heavy atom. The van der Waals surface area contributed by atoms with Gasteiger partial charge in [-0.3, -0.25) is 9.59 Å². The van der Waals surface area contributed by atoms with E-state index in [1.54, 1.807) is 12.3 Å². The summed E-state index contributed by atoms with van der Waals surface area (Å²) in [6.45, 7) is 3.83. The number of nitrogens with one attached hydrogen (secondary N) is 1. The minimum atomic E-state index is -0.273. The Kier molecular flexibility index (Phi) is 5.85. The fraction of sp³-hybridized carbons (Fsp3) is 0.263. The number of hydrogen-bond acceptors (Lipinski definition) is 5. The number of halogens is 1. The first-order valence-corrected chi connectivity index (χ1v) is 9.35. The van der Waals surface area contributed by atoms with Gasteiger partial charge in [0.25, 0.3) is 11.4 Å². The molecule has 8 heteroatoms. The van der Waals surface area contributed by atoms with Gasteiger partial charge in [-0.15, -0.1) is 0 Å². The third kappa shape index (κ3) is 4.71. The molecule has 1 atom stereocenters. The van der Waals surface area contributed by atoms with Crippen molar-refractivity contribution < 1.29 is 9.32 Å². The minimum absolute atomic E-state index is 0.0563. The van der Waals surface area contributed by atoms with E-state index >= 15 is 0 Å². The number of carbonyl (C=O) groups is 1. The number of hydrogen-bond donors (Lipinski definition) is 1. The standard InChI is InChI=1S/C19H19BrN4O3/c1-3-12(2)21-16(25)11-24-10-14(6-9-17(24)26)19-22-18(23-27-19)13-4-7-15(20)8-5-13/h4-10,12H,3,11H2,1-2H3,(H,21,25)/t12-/m1/s1. The maximum absolute atomic E-state index is 12.1. The van der Waals surface area contributed by atoms with Gasteiger partial charge in [0.05, 0.1) is 5.56 Å². The summed E-state index contributed by atoms with van der Waals surface area (Å²) in [5, 5.41) is 6.83. The topological polar surface area (TPSA) is 90.0 Å². The van der Waals surface area contributed by atoms with Gasteiger partial charge < -0.3 is 14.4 Å². The van der Waals surface area contributed by atoms with Crippen molar-refractivity contribution in [3.63, 3.8) is 0 Å². The van der Waals surface area contributed by atoms with Gasteiger partial charge in [0.1, 0.15) is 6.54 Å². The summed E-state index contributed by atoms with van der Waals surface area (Å²) in [6.07, 6.45) is 2.37. The summed E-state index contributed by atoms with van der Waals surface area (Å²) >= 11 is 3.38. The van der Waals surface area contributed by atoms with E-state index in [-0.39, 0.29) is 29.9 Å². The van der Waals surface area contributed by atoms with Crippen LogP contribution in [-0.4, -0.2) is 26.7 Å². The van der Waals surface area contributed by atoms with Crippen LogP contribution in [0, 0.1) is 0 Å². The van der Waals surface area contributed by atoms with Gasteiger partial charge >= 0.3 is 0 Å². The zero-order chi connectivity index (χ0) is 19.4. The summed E-state index contributed by atoms with van der Waals surface area (Å²) in [4.78, 5) is 28.5. The molecule has 0 fully saturated rings.